The van der Waals surface area contributed by atoms with Crippen LogP contribution in [0.15, 0.2) is 40.7 Å². The smallest absolute Gasteiger partial charge is 0.309 e. The van der Waals surface area contributed by atoms with Gasteiger partial charge in [0, 0.05) is 23.2 Å². The molecule has 0 bridgehead atoms. The highest BCUT2D eigenvalue weighted by molar-refractivity contribution is 7.93. The maximum atomic E-state index is 12.8. The lowest BCUT2D eigenvalue weighted by Crippen LogP contribution is -2.43. The molecule has 1 aliphatic rings. The normalized spacial score (nSPS) is 23.5. The largest absolute Gasteiger partial charge is 0.481 e. The number of thiazole rings is 1. The van der Waals surface area contributed by atoms with Crippen LogP contribution in [0, 0.1) is 16.7 Å². The van der Waals surface area contributed by atoms with E-state index in [1.807, 2.05) is 0 Å². The first kappa shape index (κ1) is 21.3. The van der Waals surface area contributed by atoms with Crippen molar-refractivity contribution in [3.63, 3.8) is 0 Å². The molecule has 29 heavy (non-hydrogen) atoms. The maximum absolute atomic E-state index is 12.8. The third kappa shape index (κ3) is 3.86. The fourth-order valence-electron chi connectivity index (χ4n) is 3.74. The lowest BCUT2D eigenvalue weighted by Gasteiger charge is -2.37. The summed E-state index contributed by atoms with van der Waals surface area (Å²) in [7, 11) is -3.77. The Balaban J connectivity index is 1.72. The van der Waals surface area contributed by atoms with Crippen LogP contribution in [0.25, 0.3) is 0 Å². The Morgan fingerprint density at radius 1 is 1.21 bits per heavy atom. The number of nitrogens with one attached hydrogen (secondary N) is 2. The molecule has 1 amide bonds. The number of amides is 1. The molecule has 2 aromatic rings. The summed E-state index contributed by atoms with van der Waals surface area (Å²) < 4.78 is 27.1. The van der Waals surface area contributed by atoms with Gasteiger partial charge in [0.2, 0.25) is 5.91 Å². The van der Waals surface area contributed by atoms with Crippen molar-refractivity contribution in [2.24, 2.45) is 16.7 Å². The Labute approximate surface area is 173 Å². The third-order valence-corrected chi connectivity index (χ3v) is 8.27. The van der Waals surface area contributed by atoms with E-state index in [0.29, 0.717) is 18.5 Å². The molecule has 1 fully saturated rings. The molecule has 2 atom stereocenters. The van der Waals surface area contributed by atoms with Crippen LogP contribution in [0.5, 0.6) is 0 Å². The summed E-state index contributed by atoms with van der Waals surface area (Å²) in [5, 5.41) is 14.3. The Bertz CT molecular complexity index is 1020. The molecule has 1 aromatic carbocycles. The van der Waals surface area contributed by atoms with Crippen molar-refractivity contribution in [1.82, 2.24) is 4.98 Å². The number of aliphatic carboxylic acids is 1. The quantitative estimate of drug-likeness (QED) is 0.636. The Hall–Kier alpha value is -2.46. The van der Waals surface area contributed by atoms with E-state index >= 15 is 0 Å². The number of rotatable bonds is 6. The van der Waals surface area contributed by atoms with E-state index < -0.39 is 32.7 Å². The summed E-state index contributed by atoms with van der Waals surface area (Å²) in [5.74, 6) is -1.63. The van der Waals surface area contributed by atoms with Gasteiger partial charge in [-0.1, -0.05) is 13.8 Å². The van der Waals surface area contributed by atoms with Crippen LogP contribution >= 0.6 is 11.3 Å². The van der Waals surface area contributed by atoms with Crippen molar-refractivity contribution in [2.75, 3.05) is 10.0 Å². The molecule has 0 saturated heterocycles. The zero-order valence-electron chi connectivity index (χ0n) is 16.3. The molecule has 1 saturated carbocycles. The number of carboxylic acids is 1. The molecule has 10 heteroatoms. The van der Waals surface area contributed by atoms with Gasteiger partial charge in [-0.2, -0.15) is 0 Å². The number of hydrogen-bond acceptors (Lipinski definition) is 6. The summed E-state index contributed by atoms with van der Waals surface area (Å²) >= 11 is 1.17. The number of benzene rings is 1. The van der Waals surface area contributed by atoms with Crippen LogP contribution in [0.1, 0.15) is 33.6 Å². The number of aromatic nitrogens is 1. The Morgan fingerprint density at radius 3 is 2.38 bits per heavy atom. The minimum Gasteiger partial charge on any atom is -0.481 e. The molecule has 1 aliphatic carbocycles. The number of carbonyl (C=O) groups excluding carboxylic acids is 1. The molecule has 3 rings (SSSR count). The molecule has 0 spiro atoms. The molecule has 8 nitrogen and oxygen atoms in total. The number of hydrogen-bond donors (Lipinski definition) is 3. The summed E-state index contributed by atoms with van der Waals surface area (Å²) in [6.07, 6.45) is 2.40. The first-order valence-corrected chi connectivity index (χ1v) is 11.4. The van der Waals surface area contributed by atoms with Crippen LogP contribution in [0.2, 0.25) is 0 Å². The number of nitrogens with zero attached hydrogens (tertiary/aromatic N) is 1. The highest BCUT2D eigenvalue weighted by Gasteiger charge is 2.58. The summed E-state index contributed by atoms with van der Waals surface area (Å²) in [6, 6.07) is 5.80. The summed E-state index contributed by atoms with van der Waals surface area (Å²) in [6.45, 7) is 5.29. The molecule has 3 N–H and O–H groups in total. The van der Waals surface area contributed by atoms with E-state index in [1.54, 1.807) is 26.2 Å². The minimum atomic E-state index is -3.77. The van der Waals surface area contributed by atoms with Gasteiger partial charge >= 0.3 is 5.97 Å². The Morgan fingerprint density at radius 2 is 1.86 bits per heavy atom. The van der Waals surface area contributed by atoms with Gasteiger partial charge in [0.15, 0.2) is 5.13 Å². The lowest BCUT2D eigenvalue weighted by molar-refractivity contribution is -0.154. The predicted octanol–water partition coefficient (Wildman–Crippen LogP) is 3.41. The highest BCUT2D eigenvalue weighted by atomic mass is 32.2. The highest BCUT2D eigenvalue weighted by Crippen LogP contribution is 2.56. The zero-order valence-corrected chi connectivity index (χ0v) is 17.9. The molecule has 2 unspecified atom stereocenters. The first-order chi connectivity index (χ1) is 13.5. The lowest BCUT2D eigenvalue weighted by atomic mass is 9.65. The minimum absolute atomic E-state index is 0.0466. The average molecular weight is 438 g/mol. The van der Waals surface area contributed by atoms with Gasteiger partial charge in [0.1, 0.15) is 0 Å². The predicted molar refractivity (Wildman–Crippen MR) is 110 cm³/mol. The van der Waals surface area contributed by atoms with Gasteiger partial charge in [-0.3, -0.25) is 14.3 Å². The second kappa shape index (κ2) is 7.42. The van der Waals surface area contributed by atoms with E-state index in [9.17, 15) is 23.1 Å². The molecular formula is C19H23N3O5S2. The maximum Gasteiger partial charge on any atom is 0.309 e. The van der Waals surface area contributed by atoms with Crippen LogP contribution in [-0.2, 0) is 19.6 Å². The fraction of sp³-hybridized carbons (Fsp3) is 0.421. The van der Waals surface area contributed by atoms with E-state index in [0.717, 1.165) is 0 Å². The van der Waals surface area contributed by atoms with Crippen LogP contribution in [0.3, 0.4) is 0 Å². The molecule has 156 valence electrons. The van der Waals surface area contributed by atoms with Crippen molar-refractivity contribution < 1.29 is 23.1 Å². The molecule has 0 radical (unpaired) electrons. The van der Waals surface area contributed by atoms with E-state index in [4.69, 9.17) is 0 Å². The van der Waals surface area contributed by atoms with Crippen molar-refractivity contribution in [2.45, 2.75) is 38.5 Å². The molecule has 1 heterocycles. The topological polar surface area (TPSA) is 125 Å². The van der Waals surface area contributed by atoms with Gasteiger partial charge in [-0.25, -0.2) is 13.4 Å². The number of anilines is 2. The Kier molecular flexibility index (Phi) is 5.44. The first-order valence-electron chi connectivity index (χ1n) is 9.04. The van der Waals surface area contributed by atoms with Gasteiger partial charge in [0.05, 0.1) is 10.3 Å². The van der Waals surface area contributed by atoms with E-state index in [-0.39, 0.29) is 15.9 Å². The van der Waals surface area contributed by atoms with E-state index in [1.165, 1.54) is 41.8 Å². The monoisotopic (exact) mass is 437 g/mol. The van der Waals surface area contributed by atoms with Crippen molar-refractivity contribution >= 4 is 44.1 Å². The van der Waals surface area contributed by atoms with Crippen molar-refractivity contribution in [3.8, 4) is 0 Å². The van der Waals surface area contributed by atoms with E-state index in [2.05, 4.69) is 15.0 Å². The van der Waals surface area contributed by atoms with Crippen LogP contribution in [0.4, 0.5) is 10.8 Å². The SMILES string of the molecule is CC1(C(=O)O)CCC(C(=O)Nc2ccc(S(=O)(=O)Nc3nccs3)cc2)C1(C)C. The molecule has 1 aromatic heterocycles. The summed E-state index contributed by atoms with van der Waals surface area (Å²) in [4.78, 5) is 28.4. The van der Waals surface area contributed by atoms with Crippen LogP contribution in [-0.4, -0.2) is 30.4 Å². The van der Waals surface area contributed by atoms with Crippen LogP contribution < -0.4 is 10.0 Å². The van der Waals surface area contributed by atoms with Crippen molar-refractivity contribution in [3.05, 3.63) is 35.8 Å². The van der Waals surface area contributed by atoms with Crippen molar-refractivity contribution in [1.29, 1.82) is 0 Å². The average Bonchev–Trinajstić information content (AvgIpc) is 3.22. The van der Waals surface area contributed by atoms with Gasteiger partial charge in [-0.05, 0) is 49.4 Å². The standard InChI is InChI=1S/C19H23N3O5S2/c1-18(2)14(8-9-19(18,3)16(24)25)15(23)21-12-4-6-13(7-5-12)29(26,27)22-17-20-10-11-28-17/h4-7,10-11,14H,8-9H2,1-3H3,(H,20,22)(H,21,23)(H,24,25). The third-order valence-electron chi connectivity index (χ3n) is 6.10. The fourth-order valence-corrected chi connectivity index (χ4v) is 5.53. The van der Waals surface area contributed by atoms with Gasteiger partial charge in [0.25, 0.3) is 10.0 Å². The molecular weight excluding hydrogens is 414 g/mol. The number of carbonyl (C=O) groups is 2. The van der Waals surface area contributed by atoms with Gasteiger partial charge < -0.3 is 10.4 Å². The second-order valence-corrected chi connectivity index (χ2v) is 10.5. The molecule has 0 aliphatic heterocycles. The zero-order chi connectivity index (χ0) is 21.4. The van der Waals surface area contributed by atoms with Gasteiger partial charge in [-0.15, -0.1) is 11.3 Å². The number of carboxylic acid groups (broad SMARTS) is 1. The number of sulfonamides is 1. The summed E-state index contributed by atoms with van der Waals surface area (Å²) in [5.41, 5.74) is -1.25. The second-order valence-electron chi connectivity index (χ2n) is 7.91.